The molecule has 1 atom stereocenters. The average Bonchev–Trinajstić information content (AvgIpc) is 2.39. The van der Waals surface area contributed by atoms with E-state index in [1.54, 1.807) is 13.8 Å². The lowest BCUT2D eigenvalue weighted by atomic mass is 10.1. The zero-order chi connectivity index (χ0) is 11.1. The fourth-order valence-corrected chi connectivity index (χ4v) is 2.27. The standard InChI is InChI=1S/C8H11Cl2NO3/c1-7(2)5(8(7,9)10)6(14)11-3-4(12)13/h5H,3H2,1-2H3,(H,11,14)(H,12,13). The molecule has 0 bridgehead atoms. The molecule has 1 fully saturated rings. The first-order valence-corrected chi connectivity index (χ1v) is 4.84. The van der Waals surface area contributed by atoms with Crippen LogP contribution in [0, 0.1) is 11.3 Å². The Morgan fingerprint density at radius 3 is 2.14 bits per heavy atom. The van der Waals surface area contributed by atoms with Crippen molar-refractivity contribution in [3.8, 4) is 0 Å². The number of aliphatic carboxylic acids is 1. The summed E-state index contributed by atoms with van der Waals surface area (Å²) in [6.45, 7) is 3.12. The molecule has 1 amide bonds. The molecule has 1 rings (SSSR count). The Balaban J connectivity index is 2.54. The second-order valence-corrected chi connectivity index (χ2v) is 5.28. The van der Waals surface area contributed by atoms with E-state index in [0.717, 1.165) is 0 Å². The Morgan fingerprint density at radius 2 is 1.86 bits per heavy atom. The molecule has 1 unspecified atom stereocenters. The van der Waals surface area contributed by atoms with Crippen molar-refractivity contribution in [3.05, 3.63) is 0 Å². The fraction of sp³-hybridized carbons (Fsp3) is 0.750. The van der Waals surface area contributed by atoms with Gasteiger partial charge in [-0.05, 0) is 0 Å². The highest BCUT2D eigenvalue weighted by Crippen LogP contribution is 2.68. The van der Waals surface area contributed by atoms with Crippen molar-refractivity contribution >= 4 is 35.1 Å². The van der Waals surface area contributed by atoms with Crippen LogP contribution in [0.5, 0.6) is 0 Å². The molecule has 1 aliphatic carbocycles. The van der Waals surface area contributed by atoms with E-state index in [2.05, 4.69) is 5.32 Å². The number of nitrogens with one attached hydrogen (secondary N) is 1. The average molecular weight is 240 g/mol. The third-order valence-electron chi connectivity index (χ3n) is 2.54. The van der Waals surface area contributed by atoms with Gasteiger partial charge < -0.3 is 10.4 Å². The Hall–Kier alpha value is -0.480. The molecule has 0 saturated heterocycles. The monoisotopic (exact) mass is 239 g/mol. The van der Waals surface area contributed by atoms with Crippen molar-refractivity contribution in [2.75, 3.05) is 6.54 Å². The number of hydrogen-bond acceptors (Lipinski definition) is 2. The van der Waals surface area contributed by atoms with E-state index in [0.29, 0.717) is 0 Å². The van der Waals surface area contributed by atoms with Crippen LogP contribution in [0.1, 0.15) is 13.8 Å². The molecule has 0 aliphatic heterocycles. The van der Waals surface area contributed by atoms with Crippen molar-refractivity contribution in [1.82, 2.24) is 5.32 Å². The minimum absolute atomic E-state index is 0.407. The van der Waals surface area contributed by atoms with Crippen LogP contribution in [0.25, 0.3) is 0 Å². The summed E-state index contributed by atoms with van der Waals surface area (Å²) in [6.07, 6.45) is 0. The van der Waals surface area contributed by atoms with E-state index < -0.39 is 34.1 Å². The van der Waals surface area contributed by atoms with Gasteiger partial charge in [0.05, 0.1) is 5.92 Å². The number of alkyl halides is 2. The quantitative estimate of drug-likeness (QED) is 0.723. The van der Waals surface area contributed by atoms with Crippen molar-refractivity contribution in [2.24, 2.45) is 11.3 Å². The van der Waals surface area contributed by atoms with Crippen molar-refractivity contribution < 1.29 is 14.7 Å². The number of hydrogen-bond donors (Lipinski definition) is 2. The van der Waals surface area contributed by atoms with Crippen LogP contribution < -0.4 is 5.32 Å². The van der Waals surface area contributed by atoms with Crippen LogP contribution in [0.2, 0.25) is 0 Å². The molecule has 2 N–H and O–H groups in total. The normalized spacial score (nSPS) is 26.7. The van der Waals surface area contributed by atoms with Gasteiger partial charge in [0.25, 0.3) is 0 Å². The van der Waals surface area contributed by atoms with Gasteiger partial charge in [0, 0.05) is 5.41 Å². The summed E-state index contributed by atoms with van der Waals surface area (Å²) in [5.74, 6) is -2.05. The van der Waals surface area contributed by atoms with E-state index in [1.165, 1.54) is 0 Å². The van der Waals surface area contributed by atoms with E-state index in [4.69, 9.17) is 28.3 Å². The molecule has 0 heterocycles. The predicted molar refractivity (Wildman–Crippen MR) is 52.4 cm³/mol. The second kappa shape index (κ2) is 3.28. The van der Waals surface area contributed by atoms with Gasteiger partial charge in [-0.15, -0.1) is 23.2 Å². The molecule has 1 aliphatic rings. The van der Waals surface area contributed by atoms with Gasteiger partial charge >= 0.3 is 5.97 Å². The number of rotatable bonds is 3. The maximum atomic E-state index is 11.4. The molecule has 6 heteroatoms. The Morgan fingerprint density at radius 1 is 1.43 bits per heavy atom. The third-order valence-corrected chi connectivity index (χ3v) is 3.95. The lowest BCUT2D eigenvalue weighted by molar-refractivity contribution is -0.138. The summed E-state index contributed by atoms with van der Waals surface area (Å²) in [5.41, 5.74) is -0.501. The summed E-state index contributed by atoms with van der Waals surface area (Å²) >= 11 is 11.7. The van der Waals surface area contributed by atoms with E-state index >= 15 is 0 Å². The summed E-state index contributed by atoms with van der Waals surface area (Å²) < 4.78 is -1.09. The zero-order valence-corrected chi connectivity index (χ0v) is 9.32. The molecule has 0 aromatic carbocycles. The first-order valence-electron chi connectivity index (χ1n) is 4.08. The van der Waals surface area contributed by atoms with Crippen molar-refractivity contribution in [1.29, 1.82) is 0 Å². The number of amides is 1. The molecule has 4 nitrogen and oxygen atoms in total. The van der Waals surface area contributed by atoms with Gasteiger partial charge in [-0.1, -0.05) is 13.8 Å². The molecule has 14 heavy (non-hydrogen) atoms. The van der Waals surface area contributed by atoms with E-state index in [1.807, 2.05) is 0 Å². The molecule has 1 saturated carbocycles. The SMILES string of the molecule is CC1(C)C(C(=O)NCC(=O)O)C1(Cl)Cl. The maximum absolute atomic E-state index is 11.4. The largest absolute Gasteiger partial charge is 0.480 e. The molecule has 0 aromatic rings. The Kier molecular flexibility index (Phi) is 2.71. The highest BCUT2D eigenvalue weighted by Gasteiger charge is 2.73. The van der Waals surface area contributed by atoms with Crippen LogP contribution in [0.4, 0.5) is 0 Å². The van der Waals surface area contributed by atoms with Gasteiger partial charge in [-0.25, -0.2) is 0 Å². The summed E-state index contributed by atoms with van der Waals surface area (Å²) in [5, 5.41) is 10.6. The van der Waals surface area contributed by atoms with Crippen LogP contribution >= 0.6 is 23.2 Å². The second-order valence-electron chi connectivity index (χ2n) is 3.89. The highest BCUT2D eigenvalue weighted by atomic mass is 35.5. The van der Waals surface area contributed by atoms with Gasteiger partial charge in [-0.2, -0.15) is 0 Å². The lowest BCUT2D eigenvalue weighted by Crippen LogP contribution is -2.32. The number of carbonyl (C=O) groups excluding carboxylic acids is 1. The lowest BCUT2D eigenvalue weighted by Gasteiger charge is -2.01. The number of carboxylic acids is 1. The summed E-state index contributed by atoms with van der Waals surface area (Å²) in [7, 11) is 0. The predicted octanol–water partition coefficient (Wildman–Crippen LogP) is 1.02. The zero-order valence-electron chi connectivity index (χ0n) is 7.80. The maximum Gasteiger partial charge on any atom is 0.322 e. The first kappa shape index (κ1) is 11.6. The summed E-state index contributed by atoms with van der Waals surface area (Å²) in [6, 6.07) is 0. The Bertz CT molecular complexity index is 274. The minimum Gasteiger partial charge on any atom is -0.480 e. The van der Waals surface area contributed by atoms with Gasteiger partial charge in [-0.3, -0.25) is 9.59 Å². The molecule has 0 aromatic heterocycles. The molecule has 80 valence electrons. The highest BCUT2D eigenvalue weighted by molar-refractivity contribution is 6.53. The van der Waals surface area contributed by atoms with E-state index in [9.17, 15) is 9.59 Å². The van der Waals surface area contributed by atoms with Crippen molar-refractivity contribution in [3.63, 3.8) is 0 Å². The van der Waals surface area contributed by atoms with Crippen LogP contribution in [0.15, 0.2) is 0 Å². The van der Waals surface area contributed by atoms with Gasteiger partial charge in [0.2, 0.25) is 5.91 Å². The molecule has 0 radical (unpaired) electrons. The summed E-state index contributed by atoms with van der Waals surface area (Å²) in [4.78, 5) is 21.6. The third kappa shape index (κ3) is 1.68. The molecular formula is C8H11Cl2NO3. The molecule has 0 spiro atoms. The molecular weight excluding hydrogens is 229 g/mol. The number of carboxylic acid groups (broad SMARTS) is 1. The first-order chi connectivity index (χ1) is 6.21. The number of carbonyl (C=O) groups is 2. The van der Waals surface area contributed by atoms with Gasteiger partial charge in [0.1, 0.15) is 10.9 Å². The van der Waals surface area contributed by atoms with Crippen molar-refractivity contribution in [2.45, 2.75) is 18.2 Å². The van der Waals surface area contributed by atoms with E-state index in [-0.39, 0.29) is 0 Å². The smallest absolute Gasteiger partial charge is 0.322 e. The van der Waals surface area contributed by atoms with Crippen LogP contribution in [-0.4, -0.2) is 27.9 Å². The fourth-order valence-electron chi connectivity index (χ4n) is 1.41. The Labute approximate surface area is 91.6 Å². The topological polar surface area (TPSA) is 66.4 Å². The van der Waals surface area contributed by atoms with Crippen LogP contribution in [-0.2, 0) is 9.59 Å². The minimum atomic E-state index is -1.09. The van der Waals surface area contributed by atoms with Gasteiger partial charge in [0.15, 0.2) is 0 Å². The number of halogens is 2. The van der Waals surface area contributed by atoms with Crippen LogP contribution in [0.3, 0.4) is 0 Å².